The highest BCUT2D eigenvalue weighted by Gasteiger charge is 2.26. The predicted octanol–water partition coefficient (Wildman–Crippen LogP) is 2.47. The van der Waals surface area contributed by atoms with Crippen LogP contribution in [0.15, 0.2) is 60.7 Å². The molecule has 5 nitrogen and oxygen atoms in total. The Morgan fingerprint density at radius 2 is 1.59 bits per heavy atom. The van der Waals surface area contributed by atoms with Crippen molar-refractivity contribution in [1.82, 2.24) is 9.80 Å². The van der Waals surface area contributed by atoms with Crippen LogP contribution < -0.4 is 0 Å². The van der Waals surface area contributed by atoms with Gasteiger partial charge < -0.3 is 14.7 Å². The van der Waals surface area contributed by atoms with Crippen molar-refractivity contribution >= 4 is 5.91 Å². The summed E-state index contributed by atoms with van der Waals surface area (Å²) in [6.45, 7) is 5.71. The van der Waals surface area contributed by atoms with Gasteiger partial charge >= 0.3 is 0 Å². The molecule has 27 heavy (non-hydrogen) atoms. The minimum Gasteiger partial charge on any atom is -0.387 e. The number of rotatable bonds is 7. The number of carbonyl (C=O) groups excluding carboxylic acids is 1. The van der Waals surface area contributed by atoms with Crippen LogP contribution in [-0.4, -0.2) is 59.6 Å². The number of β-amino-alcohol motifs (C(OH)–C–C–N with tert-alkyl or cyclic N) is 1. The van der Waals surface area contributed by atoms with Crippen LogP contribution in [0.1, 0.15) is 24.2 Å². The number of amides is 1. The number of carbonyl (C=O) groups is 1. The summed E-state index contributed by atoms with van der Waals surface area (Å²) >= 11 is 0. The van der Waals surface area contributed by atoms with Crippen molar-refractivity contribution < 1.29 is 14.6 Å². The fraction of sp³-hybridized carbons (Fsp3) is 0.409. The molecule has 0 aliphatic carbocycles. The molecule has 2 atom stereocenters. The molecule has 0 saturated carbocycles. The number of aliphatic hydroxyl groups is 1. The fourth-order valence-electron chi connectivity index (χ4n) is 3.30. The first-order chi connectivity index (χ1) is 13.1. The first-order valence-electron chi connectivity index (χ1n) is 9.53. The number of aliphatic hydroxyl groups excluding tert-OH is 1. The summed E-state index contributed by atoms with van der Waals surface area (Å²) in [5, 5.41) is 10.4. The van der Waals surface area contributed by atoms with Crippen LogP contribution in [0, 0.1) is 0 Å². The van der Waals surface area contributed by atoms with Crippen molar-refractivity contribution in [3.05, 3.63) is 71.8 Å². The molecule has 1 fully saturated rings. The lowest BCUT2D eigenvalue weighted by Crippen LogP contribution is -2.52. The molecule has 144 valence electrons. The maximum absolute atomic E-state index is 12.6. The predicted molar refractivity (Wildman–Crippen MR) is 105 cm³/mol. The van der Waals surface area contributed by atoms with Gasteiger partial charge in [-0.15, -0.1) is 0 Å². The van der Waals surface area contributed by atoms with Gasteiger partial charge in [-0.1, -0.05) is 60.7 Å². The second kappa shape index (κ2) is 9.65. The minimum atomic E-state index is -0.499. The van der Waals surface area contributed by atoms with E-state index in [1.165, 1.54) is 0 Å². The van der Waals surface area contributed by atoms with Crippen LogP contribution in [0.25, 0.3) is 0 Å². The maximum atomic E-state index is 12.6. The number of nitrogens with zero attached hydrogens (tertiary/aromatic N) is 2. The molecule has 1 heterocycles. The van der Waals surface area contributed by atoms with Crippen LogP contribution in [-0.2, 0) is 16.1 Å². The van der Waals surface area contributed by atoms with Crippen molar-refractivity contribution in [2.24, 2.45) is 0 Å². The molecule has 1 saturated heterocycles. The van der Waals surface area contributed by atoms with E-state index in [4.69, 9.17) is 4.74 Å². The number of benzene rings is 2. The fourth-order valence-corrected chi connectivity index (χ4v) is 3.30. The normalized spacial score (nSPS) is 17.5. The molecule has 2 unspecified atom stereocenters. The summed E-state index contributed by atoms with van der Waals surface area (Å²) in [4.78, 5) is 16.7. The van der Waals surface area contributed by atoms with Crippen molar-refractivity contribution in [2.45, 2.75) is 25.7 Å². The molecule has 0 aromatic heterocycles. The van der Waals surface area contributed by atoms with Gasteiger partial charge in [0.2, 0.25) is 0 Å². The quantitative estimate of drug-likeness (QED) is 0.816. The molecule has 1 N–H and O–H groups in total. The molecule has 5 heteroatoms. The summed E-state index contributed by atoms with van der Waals surface area (Å²) in [6, 6.07) is 19.6. The lowest BCUT2D eigenvalue weighted by Gasteiger charge is -2.36. The van der Waals surface area contributed by atoms with Crippen LogP contribution >= 0.6 is 0 Å². The van der Waals surface area contributed by atoms with Gasteiger partial charge in [-0.05, 0) is 18.1 Å². The average molecular weight is 368 g/mol. The Labute approximate surface area is 161 Å². The molecule has 0 radical (unpaired) electrons. The third kappa shape index (κ3) is 5.63. The van der Waals surface area contributed by atoms with E-state index in [1.54, 1.807) is 0 Å². The Hall–Kier alpha value is -2.21. The first-order valence-corrected chi connectivity index (χ1v) is 9.53. The van der Waals surface area contributed by atoms with Gasteiger partial charge in [0, 0.05) is 32.7 Å². The van der Waals surface area contributed by atoms with Gasteiger partial charge in [0.05, 0.1) is 12.7 Å². The zero-order valence-corrected chi connectivity index (χ0v) is 15.8. The van der Waals surface area contributed by atoms with Gasteiger partial charge in [0.1, 0.15) is 6.10 Å². The zero-order valence-electron chi connectivity index (χ0n) is 15.8. The molecule has 1 amide bonds. The van der Waals surface area contributed by atoms with Crippen LogP contribution in [0.2, 0.25) is 0 Å². The first kappa shape index (κ1) is 19.5. The Kier molecular flexibility index (Phi) is 6.98. The van der Waals surface area contributed by atoms with E-state index >= 15 is 0 Å². The highest BCUT2D eigenvalue weighted by molar-refractivity contribution is 5.80. The zero-order chi connectivity index (χ0) is 19.1. The lowest BCUT2D eigenvalue weighted by atomic mass is 10.1. The Morgan fingerprint density at radius 1 is 1.00 bits per heavy atom. The molecule has 2 aromatic carbocycles. The Bertz CT molecular complexity index is 700. The number of ether oxygens (including phenoxy) is 1. The lowest BCUT2D eigenvalue weighted by molar-refractivity contribution is -0.145. The molecular weight excluding hydrogens is 340 g/mol. The van der Waals surface area contributed by atoms with E-state index in [2.05, 4.69) is 4.90 Å². The largest absolute Gasteiger partial charge is 0.387 e. The van der Waals surface area contributed by atoms with Gasteiger partial charge in [-0.2, -0.15) is 0 Å². The van der Waals surface area contributed by atoms with E-state index < -0.39 is 12.2 Å². The standard InChI is InChI=1S/C22H28N2O3/c1-18(27-17-19-8-4-2-5-9-19)22(26)24-14-12-23(13-15-24)16-21(25)20-10-6-3-7-11-20/h2-11,18,21,25H,12-17H2,1H3. The third-order valence-electron chi connectivity index (χ3n) is 4.99. The molecule has 1 aliphatic rings. The van der Waals surface area contributed by atoms with E-state index in [0.717, 1.165) is 24.2 Å². The van der Waals surface area contributed by atoms with E-state index in [0.29, 0.717) is 26.2 Å². The Morgan fingerprint density at radius 3 is 2.22 bits per heavy atom. The summed E-state index contributed by atoms with van der Waals surface area (Å²) in [7, 11) is 0. The Balaban J connectivity index is 1.42. The van der Waals surface area contributed by atoms with E-state index in [9.17, 15) is 9.90 Å². The van der Waals surface area contributed by atoms with Gasteiger partial charge in [-0.3, -0.25) is 9.69 Å². The number of piperazine rings is 1. The van der Waals surface area contributed by atoms with Crippen LogP contribution in [0.3, 0.4) is 0 Å². The molecule has 1 aliphatic heterocycles. The molecule has 2 aromatic rings. The SMILES string of the molecule is CC(OCc1ccccc1)C(=O)N1CCN(CC(O)c2ccccc2)CC1. The summed E-state index contributed by atoms with van der Waals surface area (Å²) in [5.74, 6) is 0.0363. The molecule has 0 spiro atoms. The average Bonchev–Trinajstić information content (AvgIpc) is 2.73. The van der Waals surface area contributed by atoms with E-state index in [-0.39, 0.29) is 5.91 Å². The van der Waals surface area contributed by atoms with Gasteiger partial charge in [0.15, 0.2) is 0 Å². The third-order valence-corrected chi connectivity index (χ3v) is 4.99. The van der Waals surface area contributed by atoms with Crippen molar-refractivity contribution in [2.75, 3.05) is 32.7 Å². The van der Waals surface area contributed by atoms with Gasteiger partial charge in [0.25, 0.3) is 5.91 Å². The monoisotopic (exact) mass is 368 g/mol. The van der Waals surface area contributed by atoms with Crippen LogP contribution in [0.5, 0.6) is 0 Å². The summed E-state index contributed by atoms with van der Waals surface area (Å²) in [5.41, 5.74) is 2.00. The highest BCUT2D eigenvalue weighted by atomic mass is 16.5. The topological polar surface area (TPSA) is 53.0 Å². The minimum absolute atomic E-state index is 0.0363. The molecule has 0 bridgehead atoms. The molecule has 3 rings (SSSR count). The maximum Gasteiger partial charge on any atom is 0.251 e. The van der Waals surface area contributed by atoms with Crippen molar-refractivity contribution in [3.8, 4) is 0 Å². The highest BCUT2D eigenvalue weighted by Crippen LogP contribution is 2.15. The van der Waals surface area contributed by atoms with Crippen molar-refractivity contribution in [3.63, 3.8) is 0 Å². The van der Waals surface area contributed by atoms with E-state index in [1.807, 2.05) is 72.5 Å². The summed E-state index contributed by atoms with van der Waals surface area (Å²) in [6.07, 6.45) is -0.951. The second-order valence-corrected chi connectivity index (χ2v) is 6.99. The molecular formula is C22H28N2O3. The number of hydrogen-bond donors (Lipinski definition) is 1. The summed E-state index contributed by atoms with van der Waals surface area (Å²) < 4.78 is 5.75. The second-order valence-electron chi connectivity index (χ2n) is 6.99. The van der Waals surface area contributed by atoms with Gasteiger partial charge in [-0.25, -0.2) is 0 Å². The van der Waals surface area contributed by atoms with Crippen molar-refractivity contribution in [1.29, 1.82) is 0 Å². The smallest absolute Gasteiger partial charge is 0.251 e. The van der Waals surface area contributed by atoms with Crippen LogP contribution in [0.4, 0.5) is 0 Å². The number of hydrogen-bond acceptors (Lipinski definition) is 4.